The fourth-order valence-electron chi connectivity index (χ4n) is 4.03. The van der Waals surface area contributed by atoms with Crippen LogP contribution >= 0.6 is 0 Å². The van der Waals surface area contributed by atoms with E-state index in [1.165, 1.54) is 11.8 Å². The Labute approximate surface area is 193 Å². The molecule has 0 bridgehead atoms. The van der Waals surface area contributed by atoms with Gasteiger partial charge in [0.2, 0.25) is 11.8 Å². The number of rotatable bonds is 7. The van der Waals surface area contributed by atoms with Gasteiger partial charge in [-0.15, -0.1) is 0 Å². The van der Waals surface area contributed by atoms with Gasteiger partial charge in [-0.1, -0.05) is 50.2 Å². The smallest absolute Gasteiger partial charge is 0.273 e. The van der Waals surface area contributed by atoms with Gasteiger partial charge >= 0.3 is 0 Å². The molecule has 1 aliphatic heterocycles. The fraction of sp³-hybridized carbons (Fsp3) is 0.346. The minimum atomic E-state index is -0.262. The van der Waals surface area contributed by atoms with Crippen LogP contribution in [0.4, 0.5) is 0 Å². The lowest BCUT2D eigenvalue weighted by Crippen LogP contribution is -2.39. The van der Waals surface area contributed by atoms with Gasteiger partial charge in [-0.25, -0.2) is 4.98 Å². The molecule has 0 saturated heterocycles. The van der Waals surface area contributed by atoms with E-state index in [1.807, 2.05) is 61.2 Å². The molecule has 2 amide bonds. The van der Waals surface area contributed by atoms with E-state index in [1.54, 1.807) is 6.92 Å². The van der Waals surface area contributed by atoms with E-state index in [0.717, 1.165) is 17.5 Å². The molecule has 7 heteroatoms. The number of carbonyl (C=O) groups is 2. The largest absolute Gasteiger partial charge is 0.484 e. The Morgan fingerprint density at radius 2 is 2.00 bits per heavy atom. The van der Waals surface area contributed by atoms with Crippen LogP contribution in [0, 0.1) is 5.92 Å². The second-order valence-corrected chi connectivity index (χ2v) is 8.66. The molecule has 1 atom stereocenters. The predicted octanol–water partition coefficient (Wildman–Crippen LogP) is 4.13. The van der Waals surface area contributed by atoms with Crippen LogP contribution in [-0.4, -0.2) is 34.8 Å². The van der Waals surface area contributed by atoms with Crippen LogP contribution in [0.5, 0.6) is 5.75 Å². The van der Waals surface area contributed by atoms with Gasteiger partial charge in [0, 0.05) is 20.0 Å². The summed E-state index contributed by atoms with van der Waals surface area (Å²) < 4.78 is 11.4. The molecule has 0 fully saturated rings. The molecule has 1 unspecified atom stereocenters. The normalized spacial score (nSPS) is 15.3. The standard InChI is InChI=1S/C26H29N3O4/c1-17(2)14-27-26(31)23-15-33-24(28-23)16-32-21-10-9-19-11-12-29(18(3)30)25(22(19)13-21)20-7-5-4-6-8-20/h4-10,13,15,17,25H,11-12,14,16H2,1-3H3,(H,27,31). The molecule has 33 heavy (non-hydrogen) atoms. The second-order valence-electron chi connectivity index (χ2n) is 8.66. The summed E-state index contributed by atoms with van der Waals surface area (Å²) in [5.41, 5.74) is 3.56. The molecule has 172 valence electrons. The number of amides is 2. The predicted molar refractivity (Wildman–Crippen MR) is 124 cm³/mol. The van der Waals surface area contributed by atoms with Crippen molar-refractivity contribution in [1.82, 2.24) is 15.2 Å². The maximum absolute atomic E-state index is 12.4. The number of nitrogens with zero attached hydrogens (tertiary/aromatic N) is 2. The summed E-state index contributed by atoms with van der Waals surface area (Å²) in [4.78, 5) is 30.6. The third-order valence-electron chi connectivity index (χ3n) is 5.68. The van der Waals surface area contributed by atoms with Crippen LogP contribution in [0.3, 0.4) is 0 Å². The van der Waals surface area contributed by atoms with E-state index in [4.69, 9.17) is 9.15 Å². The Kier molecular flexibility index (Phi) is 6.77. The Balaban J connectivity index is 1.51. The molecule has 0 radical (unpaired) electrons. The lowest BCUT2D eigenvalue weighted by Gasteiger charge is -2.37. The molecule has 0 saturated carbocycles. The van der Waals surface area contributed by atoms with E-state index in [9.17, 15) is 9.59 Å². The van der Waals surface area contributed by atoms with Crippen LogP contribution in [0.1, 0.15) is 59.9 Å². The van der Waals surface area contributed by atoms with E-state index in [0.29, 0.717) is 30.6 Å². The summed E-state index contributed by atoms with van der Waals surface area (Å²) in [7, 11) is 0. The van der Waals surface area contributed by atoms with Crippen molar-refractivity contribution in [2.45, 2.75) is 39.8 Å². The number of carbonyl (C=O) groups excluding carboxylic acids is 2. The van der Waals surface area contributed by atoms with Gasteiger partial charge in [0.05, 0.1) is 6.04 Å². The van der Waals surface area contributed by atoms with Gasteiger partial charge in [0.1, 0.15) is 12.0 Å². The van der Waals surface area contributed by atoms with Crippen LogP contribution in [-0.2, 0) is 17.8 Å². The first kappa shape index (κ1) is 22.6. The molecular formula is C26H29N3O4. The summed E-state index contributed by atoms with van der Waals surface area (Å²) in [6.45, 7) is 7.02. The van der Waals surface area contributed by atoms with Crippen LogP contribution in [0.15, 0.2) is 59.2 Å². The minimum Gasteiger partial charge on any atom is -0.484 e. The van der Waals surface area contributed by atoms with Crippen molar-refractivity contribution in [3.05, 3.63) is 83.1 Å². The van der Waals surface area contributed by atoms with Gasteiger partial charge < -0.3 is 19.4 Å². The zero-order valence-corrected chi connectivity index (χ0v) is 19.2. The van der Waals surface area contributed by atoms with Crippen molar-refractivity contribution >= 4 is 11.8 Å². The molecule has 0 aliphatic carbocycles. The Morgan fingerprint density at radius 1 is 1.21 bits per heavy atom. The summed E-state index contributed by atoms with van der Waals surface area (Å²) in [5, 5.41) is 2.82. The first-order valence-corrected chi connectivity index (χ1v) is 11.2. The Hall–Kier alpha value is -3.61. The second kappa shape index (κ2) is 9.90. The monoisotopic (exact) mass is 447 g/mol. The highest BCUT2D eigenvalue weighted by Crippen LogP contribution is 2.37. The average molecular weight is 448 g/mol. The number of benzene rings is 2. The minimum absolute atomic E-state index is 0.0453. The molecule has 4 rings (SSSR count). The molecule has 7 nitrogen and oxygen atoms in total. The lowest BCUT2D eigenvalue weighted by atomic mass is 9.88. The average Bonchev–Trinajstić information content (AvgIpc) is 3.30. The summed E-state index contributed by atoms with van der Waals surface area (Å²) in [5.74, 6) is 1.12. The first-order chi connectivity index (χ1) is 15.9. The van der Waals surface area contributed by atoms with Gasteiger partial charge in [0.25, 0.3) is 5.91 Å². The van der Waals surface area contributed by atoms with E-state index >= 15 is 0 Å². The maximum Gasteiger partial charge on any atom is 0.273 e. The number of hydrogen-bond acceptors (Lipinski definition) is 5. The van der Waals surface area contributed by atoms with E-state index < -0.39 is 0 Å². The Bertz CT molecular complexity index is 1120. The van der Waals surface area contributed by atoms with E-state index in [-0.39, 0.29) is 30.2 Å². The molecule has 1 aromatic heterocycles. The summed E-state index contributed by atoms with van der Waals surface area (Å²) >= 11 is 0. The van der Waals surface area contributed by atoms with Crippen LogP contribution < -0.4 is 10.1 Å². The van der Waals surface area contributed by atoms with Crippen LogP contribution in [0.25, 0.3) is 0 Å². The van der Waals surface area contributed by atoms with E-state index in [2.05, 4.69) is 16.4 Å². The highest BCUT2D eigenvalue weighted by molar-refractivity contribution is 5.91. The molecule has 1 N–H and O–H groups in total. The Morgan fingerprint density at radius 3 is 2.73 bits per heavy atom. The molecular weight excluding hydrogens is 418 g/mol. The number of fused-ring (bicyclic) bond motifs is 1. The third kappa shape index (κ3) is 5.25. The molecule has 1 aliphatic rings. The van der Waals surface area contributed by atoms with Crippen LogP contribution in [0.2, 0.25) is 0 Å². The van der Waals surface area contributed by atoms with Crippen molar-refractivity contribution in [3.8, 4) is 5.75 Å². The first-order valence-electron chi connectivity index (χ1n) is 11.2. The van der Waals surface area contributed by atoms with Gasteiger partial charge in [-0.3, -0.25) is 9.59 Å². The number of ether oxygens (including phenoxy) is 1. The molecule has 2 aromatic carbocycles. The zero-order valence-electron chi connectivity index (χ0n) is 19.2. The topological polar surface area (TPSA) is 84.7 Å². The van der Waals surface area contributed by atoms with Crippen molar-refractivity contribution < 1.29 is 18.7 Å². The SMILES string of the molecule is CC(=O)N1CCc2ccc(OCc3nc(C(=O)NCC(C)C)co3)cc2C1c1ccccc1. The summed E-state index contributed by atoms with van der Waals surface area (Å²) in [6, 6.07) is 15.8. The molecule has 3 aromatic rings. The number of oxazole rings is 1. The van der Waals surface area contributed by atoms with Gasteiger partial charge in [-0.05, 0) is 41.2 Å². The number of hydrogen-bond donors (Lipinski definition) is 1. The number of aromatic nitrogens is 1. The molecule has 2 heterocycles. The highest BCUT2D eigenvalue weighted by Gasteiger charge is 2.30. The van der Waals surface area contributed by atoms with Crippen molar-refractivity contribution in [2.24, 2.45) is 5.92 Å². The summed E-state index contributed by atoms with van der Waals surface area (Å²) in [6.07, 6.45) is 2.14. The number of nitrogens with one attached hydrogen (secondary N) is 1. The van der Waals surface area contributed by atoms with Crippen molar-refractivity contribution in [3.63, 3.8) is 0 Å². The quantitative estimate of drug-likeness (QED) is 0.589. The maximum atomic E-state index is 12.4. The third-order valence-corrected chi connectivity index (χ3v) is 5.68. The fourth-order valence-corrected chi connectivity index (χ4v) is 4.03. The lowest BCUT2D eigenvalue weighted by molar-refractivity contribution is -0.130. The zero-order chi connectivity index (χ0) is 23.4. The van der Waals surface area contributed by atoms with Gasteiger partial charge in [0.15, 0.2) is 12.3 Å². The van der Waals surface area contributed by atoms with Crippen molar-refractivity contribution in [2.75, 3.05) is 13.1 Å². The van der Waals surface area contributed by atoms with Gasteiger partial charge in [-0.2, -0.15) is 0 Å². The molecule has 0 spiro atoms. The highest BCUT2D eigenvalue weighted by atomic mass is 16.5. The van der Waals surface area contributed by atoms with Crippen molar-refractivity contribution in [1.29, 1.82) is 0 Å².